The fraction of sp³-hybridized carbons (Fsp3) is 0.700. The number of rotatable bonds is 3. The molecule has 1 aromatic rings. The summed E-state index contributed by atoms with van der Waals surface area (Å²) in [6, 6.07) is 8.17. The lowest BCUT2D eigenvalue weighted by molar-refractivity contribution is 0.0551. The van der Waals surface area contributed by atoms with Crippen molar-refractivity contribution in [2.75, 3.05) is 26.2 Å². The lowest BCUT2D eigenvalue weighted by Gasteiger charge is -2.49. The van der Waals surface area contributed by atoms with Gasteiger partial charge in [0.2, 0.25) is 0 Å². The molecule has 4 rings (SSSR count). The molecule has 0 aliphatic carbocycles. The summed E-state index contributed by atoms with van der Waals surface area (Å²) in [5.74, 6) is 2.50. The first-order chi connectivity index (χ1) is 11.2. The summed E-state index contributed by atoms with van der Waals surface area (Å²) >= 11 is 0. The summed E-state index contributed by atoms with van der Waals surface area (Å²) in [6.45, 7) is 8.92. The average Bonchev–Trinajstić information content (AvgIpc) is 2.58. The van der Waals surface area contributed by atoms with Gasteiger partial charge >= 0.3 is 0 Å². The molecule has 23 heavy (non-hydrogen) atoms. The predicted molar refractivity (Wildman–Crippen MR) is 93.9 cm³/mol. The van der Waals surface area contributed by atoms with Crippen LogP contribution in [0.2, 0.25) is 0 Å². The molecular formula is C20H30N2O. The summed E-state index contributed by atoms with van der Waals surface area (Å²) in [5, 5.41) is 3.78. The topological polar surface area (TPSA) is 24.5 Å². The van der Waals surface area contributed by atoms with Gasteiger partial charge in [-0.2, -0.15) is 0 Å². The van der Waals surface area contributed by atoms with Gasteiger partial charge in [-0.15, -0.1) is 0 Å². The molecule has 0 aromatic heterocycles. The molecule has 1 aromatic carbocycles. The quantitative estimate of drug-likeness (QED) is 0.925. The van der Waals surface area contributed by atoms with Crippen LogP contribution < -0.4 is 10.1 Å². The molecular weight excluding hydrogens is 284 g/mol. The summed E-state index contributed by atoms with van der Waals surface area (Å²) in [7, 11) is 0. The molecule has 3 heteroatoms. The largest absolute Gasteiger partial charge is 0.493 e. The van der Waals surface area contributed by atoms with Gasteiger partial charge in [0.15, 0.2) is 0 Å². The second-order valence-electron chi connectivity index (χ2n) is 8.02. The van der Waals surface area contributed by atoms with E-state index in [0.717, 1.165) is 24.3 Å². The van der Waals surface area contributed by atoms with E-state index in [1.807, 2.05) is 0 Å². The molecule has 3 nitrogen and oxygen atoms in total. The van der Waals surface area contributed by atoms with Crippen molar-refractivity contribution in [1.82, 2.24) is 10.2 Å². The molecule has 0 bridgehead atoms. The molecule has 0 unspecified atom stereocenters. The van der Waals surface area contributed by atoms with Crippen LogP contribution in [-0.4, -0.2) is 37.2 Å². The van der Waals surface area contributed by atoms with Crippen LogP contribution in [0.3, 0.4) is 0 Å². The van der Waals surface area contributed by atoms with E-state index in [4.69, 9.17) is 4.74 Å². The number of hydrogen-bond acceptors (Lipinski definition) is 3. The zero-order valence-corrected chi connectivity index (χ0v) is 14.6. The molecule has 3 heterocycles. The van der Waals surface area contributed by atoms with Gasteiger partial charge < -0.3 is 10.1 Å². The summed E-state index contributed by atoms with van der Waals surface area (Å²) in [4.78, 5) is 2.74. The maximum Gasteiger partial charge on any atom is 0.119 e. The summed E-state index contributed by atoms with van der Waals surface area (Å²) in [6.07, 6.45) is 5.22. The third kappa shape index (κ3) is 3.14. The molecule has 3 aliphatic rings. The fourth-order valence-electron chi connectivity index (χ4n) is 4.64. The van der Waals surface area contributed by atoms with E-state index in [1.165, 1.54) is 50.9 Å². The lowest BCUT2D eigenvalue weighted by atomic mass is 9.77. The Morgan fingerprint density at radius 2 is 2.26 bits per heavy atom. The third-order valence-corrected chi connectivity index (χ3v) is 5.84. The van der Waals surface area contributed by atoms with E-state index >= 15 is 0 Å². The maximum absolute atomic E-state index is 5.93. The molecule has 0 radical (unpaired) electrons. The van der Waals surface area contributed by atoms with E-state index in [2.05, 4.69) is 42.3 Å². The van der Waals surface area contributed by atoms with Gasteiger partial charge in [0.25, 0.3) is 0 Å². The molecule has 3 aliphatic heterocycles. The number of fused-ring (bicyclic) bond motifs is 4. The monoisotopic (exact) mass is 314 g/mol. The molecule has 2 fully saturated rings. The Labute approximate surface area is 140 Å². The van der Waals surface area contributed by atoms with Gasteiger partial charge in [-0.05, 0) is 67.3 Å². The first-order valence-electron chi connectivity index (χ1n) is 9.44. The van der Waals surface area contributed by atoms with Gasteiger partial charge in [0, 0.05) is 25.2 Å². The molecule has 3 atom stereocenters. The zero-order valence-electron chi connectivity index (χ0n) is 14.6. The standard InChI is InChI=1S/C20H30N2O/c1-14(2)13-23-17-5-6-18-15(10-17)7-9-22-12-16-4-3-8-21-19(16)11-20(18)22/h5-6,10,14,16,19-21H,3-4,7-9,11-13H2,1-2H3/t16-,19+,20+/m1/s1. The van der Waals surface area contributed by atoms with Crippen LogP contribution in [-0.2, 0) is 6.42 Å². The molecule has 0 saturated carbocycles. The van der Waals surface area contributed by atoms with Crippen LogP contribution in [0.25, 0.3) is 0 Å². The minimum absolute atomic E-state index is 0.578. The number of ether oxygens (including phenoxy) is 1. The Kier molecular flexibility index (Phi) is 4.33. The second-order valence-corrected chi connectivity index (χ2v) is 8.02. The van der Waals surface area contributed by atoms with Gasteiger partial charge in [0.05, 0.1) is 6.61 Å². The highest BCUT2D eigenvalue weighted by molar-refractivity contribution is 5.39. The SMILES string of the molecule is CC(C)COc1ccc2c(c1)CCN1C[C@H]3CCCN[C@H]3C[C@@H]21. The predicted octanol–water partition coefficient (Wildman–Crippen LogP) is 3.39. The van der Waals surface area contributed by atoms with Gasteiger partial charge in [-0.25, -0.2) is 0 Å². The van der Waals surface area contributed by atoms with Crippen molar-refractivity contribution < 1.29 is 4.74 Å². The number of piperidine rings is 2. The molecule has 1 N–H and O–H groups in total. The average molecular weight is 314 g/mol. The molecule has 0 spiro atoms. The van der Waals surface area contributed by atoms with Crippen LogP contribution >= 0.6 is 0 Å². The number of nitrogens with zero attached hydrogens (tertiary/aromatic N) is 1. The second kappa shape index (κ2) is 6.45. The van der Waals surface area contributed by atoms with Gasteiger partial charge in [-0.1, -0.05) is 19.9 Å². The van der Waals surface area contributed by atoms with Crippen LogP contribution in [0.1, 0.15) is 50.3 Å². The summed E-state index contributed by atoms with van der Waals surface area (Å²) in [5.41, 5.74) is 3.07. The molecule has 2 saturated heterocycles. The van der Waals surface area contributed by atoms with Crippen LogP contribution in [0.15, 0.2) is 18.2 Å². The Morgan fingerprint density at radius 3 is 3.13 bits per heavy atom. The van der Waals surface area contributed by atoms with Crippen LogP contribution in [0.4, 0.5) is 0 Å². The van der Waals surface area contributed by atoms with E-state index in [-0.39, 0.29) is 0 Å². The Balaban J connectivity index is 1.52. The van der Waals surface area contributed by atoms with E-state index in [0.29, 0.717) is 12.0 Å². The van der Waals surface area contributed by atoms with Crippen molar-refractivity contribution in [2.45, 2.75) is 51.6 Å². The van der Waals surface area contributed by atoms with E-state index < -0.39 is 0 Å². The van der Waals surface area contributed by atoms with Crippen molar-refractivity contribution in [1.29, 1.82) is 0 Å². The van der Waals surface area contributed by atoms with Crippen molar-refractivity contribution in [3.63, 3.8) is 0 Å². The van der Waals surface area contributed by atoms with E-state index in [9.17, 15) is 0 Å². The van der Waals surface area contributed by atoms with Gasteiger partial charge in [-0.3, -0.25) is 4.90 Å². The Bertz CT molecular complexity index is 557. The number of hydrogen-bond donors (Lipinski definition) is 1. The van der Waals surface area contributed by atoms with Crippen molar-refractivity contribution in [2.24, 2.45) is 11.8 Å². The van der Waals surface area contributed by atoms with Crippen molar-refractivity contribution >= 4 is 0 Å². The zero-order chi connectivity index (χ0) is 15.8. The van der Waals surface area contributed by atoms with Crippen molar-refractivity contribution in [3.05, 3.63) is 29.3 Å². The number of nitrogens with one attached hydrogen (secondary N) is 1. The van der Waals surface area contributed by atoms with Gasteiger partial charge in [0.1, 0.15) is 5.75 Å². The molecule has 0 amide bonds. The number of benzene rings is 1. The van der Waals surface area contributed by atoms with Crippen LogP contribution in [0, 0.1) is 11.8 Å². The smallest absolute Gasteiger partial charge is 0.119 e. The molecule has 126 valence electrons. The minimum Gasteiger partial charge on any atom is -0.493 e. The minimum atomic E-state index is 0.578. The third-order valence-electron chi connectivity index (χ3n) is 5.84. The van der Waals surface area contributed by atoms with Crippen LogP contribution in [0.5, 0.6) is 5.75 Å². The van der Waals surface area contributed by atoms with Crippen molar-refractivity contribution in [3.8, 4) is 5.75 Å². The lowest BCUT2D eigenvalue weighted by Crippen LogP contribution is -2.54. The first kappa shape index (κ1) is 15.5. The first-order valence-corrected chi connectivity index (χ1v) is 9.44. The van der Waals surface area contributed by atoms with E-state index in [1.54, 1.807) is 5.56 Å². The Hall–Kier alpha value is -1.06. The highest BCUT2D eigenvalue weighted by atomic mass is 16.5. The normalized spacial score (nSPS) is 30.5. The fourth-order valence-corrected chi connectivity index (χ4v) is 4.64. The summed E-state index contributed by atoms with van der Waals surface area (Å²) < 4.78 is 5.93. The maximum atomic E-state index is 5.93. The Morgan fingerprint density at radius 1 is 1.35 bits per heavy atom. The highest BCUT2D eigenvalue weighted by Gasteiger charge is 2.39. The highest BCUT2D eigenvalue weighted by Crippen LogP contribution is 2.41.